The highest BCUT2D eigenvalue weighted by molar-refractivity contribution is 5.70. The normalized spacial score (nSPS) is 13.6. The van der Waals surface area contributed by atoms with Gasteiger partial charge in [-0.1, -0.05) is 0 Å². The van der Waals surface area contributed by atoms with Gasteiger partial charge in [0.2, 0.25) is 11.4 Å². The van der Waals surface area contributed by atoms with E-state index >= 15 is 0 Å². The highest BCUT2D eigenvalue weighted by atomic mass is 16.8. The molecule has 0 saturated heterocycles. The molecule has 41 heavy (non-hydrogen) atoms. The van der Waals surface area contributed by atoms with Gasteiger partial charge in [-0.3, -0.25) is 18.9 Å². The number of hydroxylamine groups is 6. The van der Waals surface area contributed by atoms with E-state index < -0.39 is 29.4 Å². The van der Waals surface area contributed by atoms with Gasteiger partial charge < -0.3 is 25.7 Å². The zero-order chi connectivity index (χ0) is 32.1. The quantitative estimate of drug-likeness (QED) is 0.0528. The number of nitrogens with zero attached hydrogens (tertiary/aromatic N) is 3. The van der Waals surface area contributed by atoms with Crippen LogP contribution in [0.25, 0.3) is 0 Å². The zero-order valence-corrected chi connectivity index (χ0v) is 27.4. The fourth-order valence-corrected chi connectivity index (χ4v) is 3.94. The monoisotopic (exact) mass is 592 g/mol. The smallest absolute Gasteiger partial charge is 0.311 e. The van der Waals surface area contributed by atoms with Crippen molar-refractivity contribution >= 4 is 17.9 Å². The van der Waals surface area contributed by atoms with Gasteiger partial charge in [0.1, 0.15) is 19.8 Å². The van der Waals surface area contributed by atoms with E-state index in [1.165, 1.54) is 0 Å². The number of quaternary nitrogens is 3. The van der Waals surface area contributed by atoms with Crippen molar-refractivity contribution in [1.29, 1.82) is 0 Å². The molecule has 0 radical (unpaired) electrons. The molecule has 0 aromatic heterocycles. The Morgan fingerprint density at radius 2 is 1.17 bits per heavy atom. The molecule has 13 heteroatoms. The maximum atomic E-state index is 12.6. The lowest BCUT2D eigenvalue weighted by molar-refractivity contribution is -1.19. The summed E-state index contributed by atoms with van der Waals surface area (Å²) < 4.78 is 16.6. The van der Waals surface area contributed by atoms with Crippen LogP contribution in [0.1, 0.15) is 53.4 Å². The second-order valence-electron chi connectivity index (χ2n) is 12.7. The molecule has 0 bridgehead atoms. The molecule has 0 atom stereocenters. The van der Waals surface area contributed by atoms with Gasteiger partial charge in [0, 0.05) is 47.2 Å². The summed E-state index contributed by atoms with van der Waals surface area (Å²) in [5, 5.41) is 0. The molecule has 13 nitrogen and oxygen atoms in total. The second kappa shape index (κ2) is 16.5. The lowest BCUT2D eigenvalue weighted by atomic mass is 10.1. The molecule has 0 spiro atoms. The van der Waals surface area contributed by atoms with Crippen molar-refractivity contribution in [2.75, 3.05) is 88.8 Å². The molecule has 0 amide bonds. The van der Waals surface area contributed by atoms with Crippen molar-refractivity contribution < 1.29 is 52.0 Å². The van der Waals surface area contributed by atoms with Crippen molar-refractivity contribution in [2.45, 2.75) is 64.8 Å². The van der Waals surface area contributed by atoms with Crippen LogP contribution in [0.4, 0.5) is 0 Å². The molecule has 0 aliphatic rings. The number of ether oxygens (including phenoxy) is 3. The zero-order valence-electron chi connectivity index (χ0n) is 27.4. The molecule has 0 rings (SSSR count). The van der Waals surface area contributed by atoms with Crippen molar-refractivity contribution in [2.24, 2.45) is 11.5 Å². The van der Waals surface area contributed by atoms with Crippen molar-refractivity contribution in [3.05, 3.63) is 11.6 Å². The molecule has 0 unspecified atom stereocenters. The number of hydrogen-bond acceptors (Lipinski definition) is 10. The molecule has 0 aliphatic heterocycles. The van der Waals surface area contributed by atoms with E-state index in [9.17, 15) is 14.4 Å². The minimum absolute atomic E-state index is 0.0140. The van der Waals surface area contributed by atoms with E-state index in [1.54, 1.807) is 6.08 Å². The van der Waals surface area contributed by atoms with Gasteiger partial charge in [-0.05, 0) is 11.6 Å². The molecule has 0 fully saturated rings. The molecule has 240 valence electrons. The van der Waals surface area contributed by atoms with Crippen molar-refractivity contribution in [3.63, 3.8) is 0 Å². The van der Waals surface area contributed by atoms with E-state index in [4.69, 9.17) is 35.4 Å². The van der Waals surface area contributed by atoms with Crippen LogP contribution in [-0.2, 0) is 38.3 Å². The van der Waals surface area contributed by atoms with Crippen molar-refractivity contribution in [3.8, 4) is 0 Å². The van der Waals surface area contributed by atoms with Gasteiger partial charge in [0.15, 0.2) is 0 Å². The summed E-state index contributed by atoms with van der Waals surface area (Å²) in [5.74, 6) is -1.24. The Kier molecular flexibility index (Phi) is 15.6. The predicted octanol–water partition coefficient (Wildman–Crippen LogP) is 1.21. The number of nitrogens with two attached hydrogens (primary N) is 2. The molecule has 0 aliphatic carbocycles. The molecular weight excluding hydrogens is 534 g/mol. The minimum Gasteiger partial charge on any atom is -0.465 e. The Balaban J connectivity index is 5.12. The fraction of sp³-hybridized carbons (Fsp3) is 0.821. The molecule has 0 aromatic rings. The summed E-state index contributed by atoms with van der Waals surface area (Å²) in [6.45, 7) is 8.90. The van der Waals surface area contributed by atoms with E-state index in [0.29, 0.717) is 27.7 Å². The molecule has 4 N–H and O–H groups in total. The Bertz CT molecular complexity index is 879. The first-order valence-electron chi connectivity index (χ1n) is 14.0. The van der Waals surface area contributed by atoms with Gasteiger partial charge in [0.25, 0.3) is 0 Å². The van der Waals surface area contributed by atoms with Gasteiger partial charge >= 0.3 is 17.9 Å². The number of rotatable bonds is 20. The van der Waals surface area contributed by atoms with E-state index in [0.717, 1.165) is 0 Å². The molecule has 0 aromatic carbocycles. The third kappa shape index (κ3) is 15.1. The van der Waals surface area contributed by atoms with Crippen LogP contribution in [0.5, 0.6) is 0 Å². The Morgan fingerprint density at radius 1 is 0.683 bits per heavy atom. The van der Waals surface area contributed by atoms with Gasteiger partial charge in [-0.2, -0.15) is 9.29 Å². The number of hydrogen-bond donors (Lipinski definition) is 2. The van der Waals surface area contributed by atoms with Crippen LogP contribution in [0, 0.1) is 0 Å². The minimum atomic E-state index is -0.682. The maximum Gasteiger partial charge on any atom is 0.311 e. The first-order valence-corrected chi connectivity index (χ1v) is 14.0. The summed E-state index contributed by atoms with van der Waals surface area (Å²) in [6.07, 6.45) is 2.31. The summed E-state index contributed by atoms with van der Waals surface area (Å²) in [6, 6.07) is 0. The average molecular weight is 593 g/mol. The Morgan fingerprint density at radius 3 is 1.68 bits per heavy atom. The fourth-order valence-electron chi connectivity index (χ4n) is 3.94. The third-order valence-corrected chi connectivity index (χ3v) is 6.93. The molecule has 0 saturated carbocycles. The standard InChI is InChI=1S/C28H58N5O8/c1-27(2,40-31(5,6)7)33(10,11)28(3,4)41-32(8,9)19-14-26(36)38-21-16-23(22-39-25(35)13-18-30)15-20-37-24(34)12-17-29/h16H,12-15,17-22,29-30H2,1-11H3/q+3. The molecular formula is C28H58N5O8+3. The number of carbonyl (C=O) groups excluding carboxylic acids is 3. The van der Waals surface area contributed by atoms with E-state index in [2.05, 4.69) is 14.1 Å². The topological polar surface area (TPSA) is 149 Å². The SMILES string of the molecule is CC(C)(O[N+](C)(C)C)[N+](C)(C)C(C)(C)O[N+](C)(C)CCC(=O)OCC=C(CCOC(=O)CCN)COC(=O)CCN. The van der Waals surface area contributed by atoms with Crippen LogP contribution in [0.3, 0.4) is 0 Å². The molecule has 0 heterocycles. The first-order chi connectivity index (χ1) is 18.6. The summed E-state index contributed by atoms with van der Waals surface area (Å²) in [4.78, 5) is 48.7. The van der Waals surface area contributed by atoms with Gasteiger partial charge in [-0.25, -0.2) is 0 Å². The Hall–Kier alpha value is -2.13. The first kappa shape index (κ1) is 38.9. The highest BCUT2D eigenvalue weighted by Gasteiger charge is 2.56. The van der Waals surface area contributed by atoms with Crippen LogP contribution in [-0.4, -0.2) is 132 Å². The second-order valence-corrected chi connectivity index (χ2v) is 12.7. The van der Waals surface area contributed by atoms with Crippen LogP contribution >= 0.6 is 0 Å². The van der Waals surface area contributed by atoms with Crippen LogP contribution < -0.4 is 11.5 Å². The van der Waals surface area contributed by atoms with Gasteiger partial charge in [-0.15, -0.1) is 9.68 Å². The lowest BCUT2D eigenvalue weighted by Crippen LogP contribution is -2.72. The third-order valence-electron chi connectivity index (χ3n) is 6.93. The predicted molar refractivity (Wildman–Crippen MR) is 155 cm³/mol. The summed E-state index contributed by atoms with van der Waals surface area (Å²) in [7, 11) is 13.8. The number of carbonyl (C=O) groups is 3. The Labute approximate surface area is 246 Å². The van der Waals surface area contributed by atoms with E-state index in [-0.39, 0.29) is 56.8 Å². The highest BCUT2D eigenvalue weighted by Crippen LogP contribution is 2.35. The van der Waals surface area contributed by atoms with Crippen molar-refractivity contribution in [1.82, 2.24) is 0 Å². The largest absolute Gasteiger partial charge is 0.465 e. The van der Waals surface area contributed by atoms with E-state index in [1.807, 2.05) is 62.9 Å². The van der Waals surface area contributed by atoms with Crippen LogP contribution in [0.2, 0.25) is 0 Å². The lowest BCUT2D eigenvalue weighted by Gasteiger charge is -2.53. The maximum absolute atomic E-state index is 12.6. The summed E-state index contributed by atoms with van der Waals surface area (Å²) in [5.41, 5.74) is 10.1. The van der Waals surface area contributed by atoms with Crippen LogP contribution in [0.15, 0.2) is 11.6 Å². The summed E-state index contributed by atoms with van der Waals surface area (Å²) >= 11 is 0. The van der Waals surface area contributed by atoms with Gasteiger partial charge in [0.05, 0.1) is 75.2 Å². The number of esters is 3. The average Bonchev–Trinajstić information content (AvgIpc) is 2.79.